The summed E-state index contributed by atoms with van der Waals surface area (Å²) < 4.78 is 39.5. The molecule has 0 saturated carbocycles. The van der Waals surface area contributed by atoms with Gasteiger partial charge in [0.2, 0.25) is 0 Å². The first-order valence-corrected chi connectivity index (χ1v) is 4.53. The van der Waals surface area contributed by atoms with Crippen molar-refractivity contribution < 1.29 is 17.9 Å². The van der Waals surface area contributed by atoms with Gasteiger partial charge in [0.05, 0.1) is 15.5 Å². The maximum Gasteiger partial charge on any atom is 0.573 e. The highest BCUT2D eigenvalue weighted by Crippen LogP contribution is 2.33. The van der Waals surface area contributed by atoms with Gasteiger partial charge < -0.3 is 10.5 Å². The van der Waals surface area contributed by atoms with E-state index in [2.05, 4.69) is 9.72 Å². The molecule has 2 N–H and O–H groups in total. The zero-order valence-corrected chi connectivity index (χ0v) is 9.13. The first-order valence-electron chi connectivity index (χ1n) is 3.45. The summed E-state index contributed by atoms with van der Waals surface area (Å²) in [5, 5.41) is 8.54. The number of anilines is 1. The van der Waals surface area contributed by atoms with Gasteiger partial charge in [-0.1, -0.05) is 0 Å². The zero-order chi connectivity index (χ0) is 11.6. The number of ether oxygens (including phenoxy) is 1. The molecule has 0 aliphatic heterocycles. The fourth-order valence-electron chi connectivity index (χ4n) is 0.781. The average molecular weight is 329 g/mol. The van der Waals surface area contributed by atoms with E-state index >= 15 is 0 Å². The van der Waals surface area contributed by atoms with Crippen molar-refractivity contribution >= 4 is 28.3 Å². The Morgan fingerprint density at radius 2 is 2.13 bits per heavy atom. The third kappa shape index (κ3) is 2.85. The second-order valence-electron chi connectivity index (χ2n) is 2.36. The van der Waals surface area contributed by atoms with E-state index < -0.39 is 12.1 Å². The van der Waals surface area contributed by atoms with Gasteiger partial charge in [-0.2, -0.15) is 5.26 Å². The maximum absolute atomic E-state index is 12.0. The lowest BCUT2D eigenvalue weighted by Crippen LogP contribution is -2.19. The van der Waals surface area contributed by atoms with E-state index in [4.69, 9.17) is 11.0 Å². The van der Waals surface area contributed by atoms with Crippen molar-refractivity contribution in [2.45, 2.75) is 6.36 Å². The monoisotopic (exact) mass is 329 g/mol. The fraction of sp³-hybridized carbons (Fsp3) is 0.143. The fourth-order valence-corrected chi connectivity index (χ4v) is 1.46. The van der Waals surface area contributed by atoms with Crippen molar-refractivity contribution in [1.29, 1.82) is 5.26 Å². The molecule has 0 saturated heterocycles. The average Bonchev–Trinajstić information content (AvgIpc) is 2.11. The van der Waals surface area contributed by atoms with E-state index in [1.165, 1.54) is 22.6 Å². The Morgan fingerprint density at radius 1 is 1.53 bits per heavy atom. The Kier molecular flexibility index (Phi) is 3.23. The third-order valence-corrected chi connectivity index (χ3v) is 2.33. The van der Waals surface area contributed by atoms with Gasteiger partial charge in [-0.25, -0.2) is 4.98 Å². The van der Waals surface area contributed by atoms with E-state index in [0.29, 0.717) is 0 Å². The quantitative estimate of drug-likeness (QED) is 0.801. The van der Waals surface area contributed by atoms with Gasteiger partial charge in [-0.15, -0.1) is 13.2 Å². The number of pyridine rings is 1. The highest BCUT2D eigenvalue weighted by molar-refractivity contribution is 14.1. The Morgan fingerprint density at radius 3 is 2.60 bits per heavy atom. The molecule has 0 unspecified atom stereocenters. The lowest BCUT2D eigenvalue weighted by Gasteiger charge is -2.12. The number of aromatic nitrogens is 1. The predicted molar refractivity (Wildman–Crippen MR) is 52.8 cm³/mol. The lowest BCUT2D eigenvalue weighted by atomic mass is 10.3. The Hall–Kier alpha value is -1.24. The number of alkyl halides is 3. The van der Waals surface area contributed by atoms with Gasteiger partial charge in [0.15, 0.2) is 11.4 Å². The molecular weight excluding hydrogens is 326 g/mol. The number of nitriles is 1. The summed E-state index contributed by atoms with van der Waals surface area (Å²) in [7, 11) is 0. The summed E-state index contributed by atoms with van der Waals surface area (Å²) >= 11 is 1.52. The van der Waals surface area contributed by atoms with Crippen molar-refractivity contribution in [3.05, 3.63) is 15.5 Å². The molecule has 80 valence electrons. The molecule has 4 nitrogen and oxygen atoms in total. The highest BCUT2D eigenvalue weighted by Gasteiger charge is 2.33. The SMILES string of the molecule is N#Cc1ncc(N)c(OC(F)(F)F)c1I. The van der Waals surface area contributed by atoms with Gasteiger partial charge >= 0.3 is 6.36 Å². The molecular formula is C7H3F3IN3O. The Bertz CT molecular complexity index is 427. The Labute approximate surface area is 96.0 Å². The maximum atomic E-state index is 12.0. The molecule has 1 heterocycles. The van der Waals surface area contributed by atoms with Crippen LogP contribution in [0.3, 0.4) is 0 Å². The van der Waals surface area contributed by atoms with E-state index in [9.17, 15) is 13.2 Å². The van der Waals surface area contributed by atoms with Gasteiger partial charge in [-0.3, -0.25) is 0 Å². The summed E-state index contributed by atoms with van der Waals surface area (Å²) in [6.07, 6.45) is -3.90. The molecule has 0 radical (unpaired) electrons. The van der Waals surface area contributed by atoms with Crippen LogP contribution in [-0.4, -0.2) is 11.3 Å². The van der Waals surface area contributed by atoms with Crippen LogP contribution >= 0.6 is 22.6 Å². The van der Waals surface area contributed by atoms with Crippen molar-refractivity contribution in [1.82, 2.24) is 4.98 Å². The molecule has 0 aromatic carbocycles. The molecule has 15 heavy (non-hydrogen) atoms. The highest BCUT2D eigenvalue weighted by atomic mass is 127. The Balaban J connectivity index is 3.23. The largest absolute Gasteiger partial charge is 0.573 e. The zero-order valence-electron chi connectivity index (χ0n) is 6.97. The molecule has 0 fully saturated rings. The summed E-state index contributed by atoms with van der Waals surface area (Å²) in [5.41, 5.74) is 4.82. The molecule has 0 aliphatic rings. The van der Waals surface area contributed by atoms with E-state index in [1.807, 2.05) is 0 Å². The van der Waals surface area contributed by atoms with Crippen LogP contribution in [0.1, 0.15) is 5.69 Å². The van der Waals surface area contributed by atoms with Crippen LogP contribution in [-0.2, 0) is 0 Å². The van der Waals surface area contributed by atoms with Gasteiger partial charge in [0.1, 0.15) is 6.07 Å². The molecule has 0 atom stereocenters. The minimum absolute atomic E-state index is 0.0626. The number of nitrogen functional groups attached to an aromatic ring is 1. The molecule has 1 rings (SSSR count). The van der Waals surface area contributed by atoms with Gasteiger partial charge in [0, 0.05) is 0 Å². The number of nitrogens with zero attached hydrogens (tertiary/aromatic N) is 2. The van der Waals surface area contributed by atoms with Crippen LogP contribution in [0.4, 0.5) is 18.9 Å². The van der Waals surface area contributed by atoms with Crippen LogP contribution in [0.25, 0.3) is 0 Å². The van der Waals surface area contributed by atoms with Crippen LogP contribution in [0.5, 0.6) is 5.75 Å². The standard InChI is InChI=1S/C7H3F3IN3O/c8-7(9,10)15-6-3(13)2-14-4(1-12)5(6)11/h2H,13H2. The molecule has 0 spiro atoms. The number of rotatable bonds is 1. The van der Waals surface area contributed by atoms with Crippen LogP contribution < -0.4 is 10.5 Å². The van der Waals surface area contributed by atoms with Crippen molar-refractivity contribution in [3.8, 4) is 11.8 Å². The van der Waals surface area contributed by atoms with Crippen molar-refractivity contribution in [3.63, 3.8) is 0 Å². The van der Waals surface area contributed by atoms with Crippen LogP contribution in [0.2, 0.25) is 0 Å². The molecule has 8 heteroatoms. The number of hydrogen-bond acceptors (Lipinski definition) is 4. The molecule has 1 aromatic rings. The third-order valence-electron chi connectivity index (χ3n) is 1.33. The topological polar surface area (TPSA) is 71.9 Å². The number of hydrogen-bond donors (Lipinski definition) is 1. The number of nitrogens with two attached hydrogens (primary N) is 1. The molecule has 0 bridgehead atoms. The lowest BCUT2D eigenvalue weighted by molar-refractivity contribution is -0.274. The first-order chi connectivity index (χ1) is 6.85. The van der Waals surface area contributed by atoms with Gasteiger partial charge in [-0.05, 0) is 22.6 Å². The van der Waals surface area contributed by atoms with Crippen LogP contribution in [0, 0.1) is 14.9 Å². The minimum atomic E-state index is -4.85. The summed E-state index contributed by atoms with van der Waals surface area (Å²) in [6, 6.07) is 1.63. The first kappa shape index (κ1) is 11.8. The summed E-state index contributed by atoms with van der Waals surface area (Å²) in [6.45, 7) is 0. The van der Waals surface area contributed by atoms with E-state index in [1.54, 1.807) is 6.07 Å². The van der Waals surface area contributed by atoms with E-state index in [0.717, 1.165) is 6.20 Å². The van der Waals surface area contributed by atoms with Gasteiger partial charge in [0.25, 0.3) is 0 Å². The van der Waals surface area contributed by atoms with Crippen molar-refractivity contribution in [2.24, 2.45) is 0 Å². The molecule has 0 aliphatic carbocycles. The molecule has 0 amide bonds. The smallest absolute Gasteiger partial charge is 0.402 e. The summed E-state index contributed by atoms with van der Waals surface area (Å²) in [4.78, 5) is 3.55. The number of halogens is 4. The second-order valence-corrected chi connectivity index (χ2v) is 3.44. The van der Waals surface area contributed by atoms with E-state index in [-0.39, 0.29) is 15.0 Å². The predicted octanol–water partition coefficient (Wildman–Crippen LogP) is 2.04. The normalized spacial score (nSPS) is 10.9. The van der Waals surface area contributed by atoms with Crippen molar-refractivity contribution in [2.75, 3.05) is 5.73 Å². The summed E-state index contributed by atoms with van der Waals surface area (Å²) in [5.74, 6) is -0.588. The molecule has 1 aromatic heterocycles. The second kappa shape index (κ2) is 4.09. The van der Waals surface area contributed by atoms with Crippen LogP contribution in [0.15, 0.2) is 6.20 Å². The minimum Gasteiger partial charge on any atom is -0.402 e.